The summed E-state index contributed by atoms with van der Waals surface area (Å²) in [6.45, 7) is 3.50. The molecule has 0 bridgehead atoms. The molecule has 0 aliphatic heterocycles. The fraction of sp³-hybridized carbons (Fsp3) is 0.143. The fourth-order valence-corrected chi connectivity index (χ4v) is 2.96. The Bertz CT molecular complexity index is 917. The molecule has 2 heterocycles. The van der Waals surface area contributed by atoms with Crippen molar-refractivity contribution in [3.8, 4) is 17.2 Å². The first-order valence-corrected chi connectivity index (χ1v) is 8.14. The number of hydrogen-bond donors (Lipinski definition) is 0. The lowest BCUT2D eigenvalue weighted by atomic mass is 10.2. The molecule has 0 spiro atoms. The highest BCUT2D eigenvalue weighted by Gasteiger charge is 2.12. The maximum atomic E-state index is 6.01. The molecule has 0 unspecified atom stereocenters. The Hall–Kier alpha value is -2.94. The van der Waals surface area contributed by atoms with Crippen molar-refractivity contribution in [1.29, 1.82) is 0 Å². The Kier molecular flexibility index (Phi) is 3.83. The van der Waals surface area contributed by atoms with Gasteiger partial charge < -0.3 is 13.7 Å². The molecule has 0 fully saturated rings. The van der Waals surface area contributed by atoms with Gasteiger partial charge in [0.2, 0.25) is 0 Å². The molecule has 4 rings (SSSR count). The number of ether oxygens (including phenoxy) is 1. The molecule has 0 aliphatic rings. The molecule has 3 heteroatoms. The van der Waals surface area contributed by atoms with Crippen molar-refractivity contribution >= 4 is 11.0 Å². The molecule has 120 valence electrons. The lowest BCUT2D eigenvalue weighted by Crippen LogP contribution is -2.10. The third kappa shape index (κ3) is 2.81. The van der Waals surface area contributed by atoms with Crippen LogP contribution in [0.1, 0.15) is 5.69 Å². The molecule has 2 aromatic carbocycles. The van der Waals surface area contributed by atoms with Gasteiger partial charge in [0, 0.05) is 11.1 Å². The number of rotatable bonds is 5. The Morgan fingerprint density at radius 3 is 2.54 bits per heavy atom. The van der Waals surface area contributed by atoms with Gasteiger partial charge in [-0.1, -0.05) is 36.4 Å². The van der Waals surface area contributed by atoms with E-state index in [2.05, 4.69) is 35.8 Å². The number of aromatic nitrogens is 1. The Morgan fingerprint density at radius 2 is 1.71 bits per heavy atom. The van der Waals surface area contributed by atoms with Crippen molar-refractivity contribution in [2.45, 2.75) is 13.5 Å². The van der Waals surface area contributed by atoms with Crippen LogP contribution in [0, 0.1) is 6.92 Å². The van der Waals surface area contributed by atoms with Crippen LogP contribution < -0.4 is 4.74 Å². The second kappa shape index (κ2) is 6.28. The van der Waals surface area contributed by atoms with Gasteiger partial charge in [-0.3, -0.25) is 0 Å². The summed E-state index contributed by atoms with van der Waals surface area (Å²) < 4.78 is 14.1. The van der Waals surface area contributed by atoms with Crippen LogP contribution in [-0.2, 0) is 6.54 Å². The molecule has 24 heavy (non-hydrogen) atoms. The van der Waals surface area contributed by atoms with E-state index in [9.17, 15) is 0 Å². The van der Waals surface area contributed by atoms with Crippen LogP contribution in [0.15, 0.2) is 77.2 Å². The van der Waals surface area contributed by atoms with Gasteiger partial charge >= 0.3 is 0 Å². The molecule has 0 amide bonds. The van der Waals surface area contributed by atoms with Crippen LogP contribution in [0.2, 0.25) is 0 Å². The zero-order valence-corrected chi connectivity index (χ0v) is 13.6. The largest absolute Gasteiger partial charge is 0.492 e. The van der Waals surface area contributed by atoms with Gasteiger partial charge in [0.1, 0.15) is 17.9 Å². The number of furan rings is 1. The van der Waals surface area contributed by atoms with Gasteiger partial charge in [-0.05, 0) is 43.3 Å². The van der Waals surface area contributed by atoms with Crippen molar-refractivity contribution in [3.63, 3.8) is 0 Å². The van der Waals surface area contributed by atoms with Crippen molar-refractivity contribution in [2.75, 3.05) is 6.61 Å². The van der Waals surface area contributed by atoms with Crippen LogP contribution in [-0.4, -0.2) is 11.2 Å². The number of para-hydroxylation sites is 2. The van der Waals surface area contributed by atoms with E-state index in [0.29, 0.717) is 6.61 Å². The summed E-state index contributed by atoms with van der Waals surface area (Å²) in [7, 11) is 0. The summed E-state index contributed by atoms with van der Waals surface area (Å²) in [4.78, 5) is 0. The van der Waals surface area contributed by atoms with Gasteiger partial charge in [-0.25, -0.2) is 0 Å². The highest BCUT2D eigenvalue weighted by atomic mass is 16.5. The molecule has 0 atom stereocenters. The highest BCUT2D eigenvalue weighted by Crippen LogP contribution is 2.29. The summed E-state index contributed by atoms with van der Waals surface area (Å²) in [6.07, 6.45) is 0. The molecule has 0 saturated carbocycles. The summed E-state index contributed by atoms with van der Waals surface area (Å²) in [6, 6.07) is 24.3. The van der Waals surface area contributed by atoms with Crippen LogP contribution in [0.25, 0.3) is 22.4 Å². The first-order valence-electron chi connectivity index (χ1n) is 8.14. The van der Waals surface area contributed by atoms with Gasteiger partial charge in [0.05, 0.1) is 12.2 Å². The summed E-state index contributed by atoms with van der Waals surface area (Å²) in [5, 5.41) is 1.12. The zero-order chi connectivity index (χ0) is 16.4. The molecule has 2 aromatic heterocycles. The predicted molar refractivity (Wildman–Crippen MR) is 96.3 cm³/mol. The van der Waals surface area contributed by atoms with E-state index in [1.165, 1.54) is 5.69 Å². The first kappa shape index (κ1) is 14.6. The van der Waals surface area contributed by atoms with Gasteiger partial charge in [0.25, 0.3) is 0 Å². The van der Waals surface area contributed by atoms with Gasteiger partial charge in [-0.15, -0.1) is 0 Å². The lowest BCUT2D eigenvalue weighted by Gasteiger charge is -2.11. The third-order valence-corrected chi connectivity index (χ3v) is 4.20. The lowest BCUT2D eigenvalue weighted by molar-refractivity contribution is 0.298. The minimum Gasteiger partial charge on any atom is -0.492 e. The number of nitrogens with zero attached hydrogens (tertiary/aromatic N) is 1. The van der Waals surface area contributed by atoms with E-state index < -0.39 is 0 Å². The van der Waals surface area contributed by atoms with Crippen LogP contribution in [0.4, 0.5) is 0 Å². The summed E-state index contributed by atoms with van der Waals surface area (Å²) >= 11 is 0. The second-order valence-electron chi connectivity index (χ2n) is 5.82. The zero-order valence-electron chi connectivity index (χ0n) is 13.6. The van der Waals surface area contributed by atoms with Crippen LogP contribution >= 0.6 is 0 Å². The fourth-order valence-electron chi connectivity index (χ4n) is 2.96. The molecule has 3 nitrogen and oxygen atoms in total. The molecular formula is C21H19NO2. The normalized spacial score (nSPS) is 11.0. The monoisotopic (exact) mass is 317 g/mol. The maximum absolute atomic E-state index is 6.01. The number of hydrogen-bond acceptors (Lipinski definition) is 2. The third-order valence-electron chi connectivity index (χ3n) is 4.20. The average molecular weight is 317 g/mol. The predicted octanol–water partition coefficient (Wildman–Crippen LogP) is 5.29. The van der Waals surface area contributed by atoms with Gasteiger partial charge in [-0.2, -0.15) is 0 Å². The smallest absolute Gasteiger partial charge is 0.151 e. The van der Waals surface area contributed by atoms with Crippen LogP contribution in [0.5, 0.6) is 5.75 Å². The molecule has 0 aliphatic carbocycles. The Morgan fingerprint density at radius 1 is 0.917 bits per heavy atom. The number of benzene rings is 2. The van der Waals surface area contributed by atoms with Crippen molar-refractivity contribution in [1.82, 2.24) is 4.57 Å². The van der Waals surface area contributed by atoms with E-state index in [1.807, 2.05) is 48.5 Å². The van der Waals surface area contributed by atoms with E-state index >= 15 is 0 Å². The Labute approximate surface area is 141 Å². The first-order chi connectivity index (χ1) is 11.8. The van der Waals surface area contributed by atoms with Crippen LogP contribution in [0.3, 0.4) is 0 Å². The topological polar surface area (TPSA) is 27.3 Å². The highest BCUT2D eigenvalue weighted by molar-refractivity contribution is 5.82. The van der Waals surface area contributed by atoms with E-state index in [1.54, 1.807) is 0 Å². The SMILES string of the molecule is Cc1ccc(-c2cc3ccccc3o2)n1CCOc1ccccc1. The minimum atomic E-state index is 0.618. The second-order valence-corrected chi connectivity index (χ2v) is 5.82. The molecule has 0 N–H and O–H groups in total. The molecular weight excluding hydrogens is 298 g/mol. The van der Waals surface area contributed by atoms with Crippen molar-refractivity contribution in [3.05, 3.63) is 78.5 Å². The van der Waals surface area contributed by atoms with Crippen molar-refractivity contribution in [2.24, 2.45) is 0 Å². The standard InChI is InChI=1S/C21H19NO2/c1-16-11-12-19(21-15-17-7-5-6-10-20(17)24-21)22(16)13-14-23-18-8-3-2-4-9-18/h2-12,15H,13-14H2,1H3. The molecule has 4 aromatic rings. The number of fused-ring (bicyclic) bond motifs is 1. The minimum absolute atomic E-state index is 0.618. The van der Waals surface area contributed by atoms with Gasteiger partial charge in [0.15, 0.2) is 5.76 Å². The van der Waals surface area contributed by atoms with E-state index in [4.69, 9.17) is 9.15 Å². The maximum Gasteiger partial charge on any atom is 0.151 e. The number of aryl methyl sites for hydroxylation is 1. The quantitative estimate of drug-likeness (QED) is 0.500. The Balaban J connectivity index is 1.57. The van der Waals surface area contributed by atoms with E-state index in [-0.39, 0.29) is 0 Å². The van der Waals surface area contributed by atoms with E-state index in [0.717, 1.165) is 34.7 Å². The molecule has 0 saturated heterocycles. The van der Waals surface area contributed by atoms with Crippen molar-refractivity contribution < 1.29 is 9.15 Å². The average Bonchev–Trinajstić information content (AvgIpc) is 3.19. The molecule has 0 radical (unpaired) electrons. The summed E-state index contributed by atoms with van der Waals surface area (Å²) in [5.74, 6) is 1.79. The summed E-state index contributed by atoms with van der Waals surface area (Å²) in [5.41, 5.74) is 3.20.